The SMILES string of the molecule is CC(C)=CCC[C@@H](C(=O)O)[C@H]1CC[C@]2(C)C3=CCC4C(C)(C)[C@@H](O)CC[C@]4(C)[C@H]3CC[C@@]12C. The normalized spacial score (nSPS) is 44.7. The molecule has 0 bridgehead atoms. The Morgan fingerprint density at radius 2 is 1.79 bits per heavy atom. The standard InChI is InChI=1S/C30H48O3/c1-19(2)9-8-10-20(26(32)33)21-13-17-30(7)23-11-12-24-27(3,4)25(31)15-16-28(24,5)22(23)14-18-29(21,30)6/h9,11,20-22,24-25,31H,8,10,12-18H2,1-7H3,(H,32,33)/t20-,21-,22+,24?,25+,28-,29+,30-/m1/s1. The van der Waals surface area contributed by atoms with Crippen molar-refractivity contribution in [1.82, 2.24) is 0 Å². The van der Waals surface area contributed by atoms with Crippen LogP contribution in [0.15, 0.2) is 23.3 Å². The van der Waals surface area contributed by atoms with Gasteiger partial charge in [-0.1, -0.05) is 57.9 Å². The lowest BCUT2D eigenvalue weighted by Crippen LogP contribution is -2.58. The number of aliphatic hydroxyl groups is 1. The highest BCUT2D eigenvalue weighted by Gasteiger charge is 2.65. The molecule has 186 valence electrons. The molecular weight excluding hydrogens is 408 g/mol. The average molecular weight is 457 g/mol. The zero-order valence-corrected chi connectivity index (χ0v) is 22.2. The van der Waals surface area contributed by atoms with Gasteiger partial charge >= 0.3 is 5.97 Å². The van der Waals surface area contributed by atoms with E-state index in [0.717, 1.165) is 51.4 Å². The van der Waals surface area contributed by atoms with Crippen molar-refractivity contribution in [3.05, 3.63) is 23.3 Å². The van der Waals surface area contributed by atoms with E-state index in [4.69, 9.17) is 0 Å². The monoisotopic (exact) mass is 456 g/mol. The van der Waals surface area contributed by atoms with Gasteiger partial charge in [0.25, 0.3) is 0 Å². The molecule has 0 aromatic heterocycles. The number of fused-ring (bicyclic) bond motifs is 5. The number of hydrogen-bond donors (Lipinski definition) is 2. The van der Waals surface area contributed by atoms with Crippen LogP contribution in [0.2, 0.25) is 0 Å². The first-order chi connectivity index (χ1) is 15.3. The molecule has 0 aromatic rings. The summed E-state index contributed by atoms with van der Waals surface area (Å²) in [7, 11) is 0. The molecule has 4 rings (SSSR count). The zero-order valence-electron chi connectivity index (χ0n) is 22.2. The second-order valence-corrected chi connectivity index (χ2v) is 13.6. The number of rotatable bonds is 5. The fourth-order valence-electron chi connectivity index (χ4n) is 9.43. The van der Waals surface area contributed by atoms with E-state index in [1.54, 1.807) is 5.57 Å². The van der Waals surface area contributed by atoms with E-state index >= 15 is 0 Å². The molecule has 4 aliphatic carbocycles. The first kappa shape index (κ1) is 25.0. The largest absolute Gasteiger partial charge is 0.481 e. The van der Waals surface area contributed by atoms with Crippen molar-refractivity contribution in [2.24, 2.45) is 45.3 Å². The number of aliphatic carboxylic acids is 1. The molecule has 8 atom stereocenters. The van der Waals surface area contributed by atoms with E-state index in [1.165, 1.54) is 12.0 Å². The number of aliphatic hydroxyl groups excluding tert-OH is 1. The van der Waals surface area contributed by atoms with E-state index in [2.05, 4.69) is 60.6 Å². The van der Waals surface area contributed by atoms with Crippen molar-refractivity contribution in [3.8, 4) is 0 Å². The predicted molar refractivity (Wildman–Crippen MR) is 135 cm³/mol. The lowest BCUT2D eigenvalue weighted by atomic mass is 9.41. The molecular formula is C30H48O3. The molecule has 1 unspecified atom stereocenters. The van der Waals surface area contributed by atoms with Crippen molar-refractivity contribution in [2.75, 3.05) is 0 Å². The summed E-state index contributed by atoms with van der Waals surface area (Å²) in [6, 6.07) is 0. The molecule has 4 aliphatic rings. The maximum Gasteiger partial charge on any atom is 0.306 e. The van der Waals surface area contributed by atoms with Crippen LogP contribution in [-0.4, -0.2) is 22.3 Å². The van der Waals surface area contributed by atoms with Crippen molar-refractivity contribution in [3.63, 3.8) is 0 Å². The fourth-order valence-corrected chi connectivity index (χ4v) is 9.43. The Hall–Kier alpha value is -1.09. The number of carbonyl (C=O) groups is 1. The molecule has 0 spiro atoms. The van der Waals surface area contributed by atoms with Gasteiger partial charge < -0.3 is 10.2 Å². The molecule has 3 saturated carbocycles. The minimum absolute atomic E-state index is 0.0474. The second-order valence-electron chi connectivity index (χ2n) is 13.6. The molecule has 2 N–H and O–H groups in total. The van der Waals surface area contributed by atoms with Gasteiger partial charge in [-0.05, 0) is 111 Å². The van der Waals surface area contributed by atoms with Crippen LogP contribution in [0.25, 0.3) is 0 Å². The molecule has 0 amide bonds. The van der Waals surface area contributed by atoms with Gasteiger partial charge in [-0.2, -0.15) is 0 Å². The van der Waals surface area contributed by atoms with Gasteiger partial charge in [-0.15, -0.1) is 0 Å². The molecule has 3 fully saturated rings. The zero-order chi connectivity index (χ0) is 24.4. The van der Waals surface area contributed by atoms with Gasteiger partial charge in [0.1, 0.15) is 0 Å². The number of carboxylic acids is 1. The summed E-state index contributed by atoms with van der Waals surface area (Å²) in [5.41, 5.74) is 3.27. The molecule has 0 aliphatic heterocycles. The highest BCUT2D eigenvalue weighted by molar-refractivity contribution is 5.70. The van der Waals surface area contributed by atoms with Gasteiger partial charge in [0, 0.05) is 0 Å². The molecule has 0 heterocycles. The van der Waals surface area contributed by atoms with Gasteiger partial charge in [-0.25, -0.2) is 0 Å². The third-order valence-corrected chi connectivity index (χ3v) is 11.7. The summed E-state index contributed by atoms with van der Waals surface area (Å²) in [5, 5.41) is 21.0. The minimum atomic E-state index is -0.595. The van der Waals surface area contributed by atoms with Crippen LogP contribution >= 0.6 is 0 Å². The highest BCUT2D eigenvalue weighted by Crippen LogP contribution is 2.73. The smallest absolute Gasteiger partial charge is 0.306 e. The quantitative estimate of drug-likeness (QED) is 0.424. The summed E-state index contributed by atoms with van der Waals surface area (Å²) in [6.45, 7) is 16.2. The fraction of sp³-hybridized carbons (Fsp3) is 0.833. The molecule has 33 heavy (non-hydrogen) atoms. The number of carboxylic acid groups (broad SMARTS) is 1. The summed E-state index contributed by atoms with van der Waals surface area (Å²) < 4.78 is 0. The average Bonchev–Trinajstić information content (AvgIpc) is 3.00. The molecule has 0 radical (unpaired) electrons. The van der Waals surface area contributed by atoms with E-state index in [-0.39, 0.29) is 39.6 Å². The topological polar surface area (TPSA) is 57.5 Å². The maximum atomic E-state index is 12.4. The van der Waals surface area contributed by atoms with Crippen LogP contribution in [0.4, 0.5) is 0 Å². The van der Waals surface area contributed by atoms with Crippen LogP contribution in [0.1, 0.15) is 106 Å². The van der Waals surface area contributed by atoms with Crippen molar-refractivity contribution in [2.45, 2.75) is 112 Å². The van der Waals surface area contributed by atoms with Crippen molar-refractivity contribution >= 4 is 5.97 Å². The third kappa shape index (κ3) is 3.58. The second kappa shape index (κ2) is 8.25. The van der Waals surface area contributed by atoms with Gasteiger partial charge in [0.05, 0.1) is 12.0 Å². The Labute approximate surface area is 202 Å². The molecule has 0 aromatic carbocycles. The Bertz CT molecular complexity index is 849. The van der Waals surface area contributed by atoms with E-state index in [1.807, 2.05) is 0 Å². The van der Waals surface area contributed by atoms with E-state index in [9.17, 15) is 15.0 Å². The van der Waals surface area contributed by atoms with E-state index in [0.29, 0.717) is 11.8 Å². The predicted octanol–water partition coefficient (Wildman–Crippen LogP) is 7.40. The Morgan fingerprint density at radius 3 is 2.42 bits per heavy atom. The molecule has 3 nitrogen and oxygen atoms in total. The highest BCUT2D eigenvalue weighted by atomic mass is 16.4. The number of hydrogen-bond acceptors (Lipinski definition) is 2. The minimum Gasteiger partial charge on any atom is -0.481 e. The van der Waals surface area contributed by atoms with E-state index < -0.39 is 5.97 Å². The van der Waals surface area contributed by atoms with Gasteiger partial charge in [0.15, 0.2) is 0 Å². The molecule has 0 saturated heterocycles. The summed E-state index contributed by atoms with van der Waals surface area (Å²) in [6.07, 6.45) is 13.7. The van der Waals surface area contributed by atoms with Crippen molar-refractivity contribution in [1.29, 1.82) is 0 Å². The van der Waals surface area contributed by atoms with Crippen LogP contribution in [0, 0.1) is 45.3 Å². The number of allylic oxidation sites excluding steroid dienone is 4. The Kier molecular flexibility index (Phi) is 6.25. The molecule has 3 heteroatoms. The lowest BCUT2D eigenvalue weighted by Gasteiger charge is -2.64. The Morgan fingerprint density at radius 1 is 1.09 bits per heavy atom. The van der Waals surface area contributed by atoms with Crippen LogP contribution < -0.4 is 0 Å². The summed E-state index contributed by atoms with van der Waals surface area (Å²) >= 11 is 0. The Balaban J connectivity index is 1.67. The van der Waals surface area contributed by atoms with Gasteiger partial charge in [-0.3, -0.25) is 4.79 Å². The van der Waals surface area contributed by atoms with Crippen LogP contribution in [0.3, 0.4) is 0 Å². The van der Waals surface area contributed by atoms with Crippen LogP contribution in [0.5, 0.6) is 0 Å². The lowest BCUT2D eigenvalue weighted by molar-refractivity contribution is -0.149. The maximum absolute atomic E-state index is 12.4. The first-order valence-corrected chi connectivity index (χ1v) is 13.5. The summed E-state index contributed by atoms with van der Waals surface area (Å²) in [4.78, 5) is 12.4. The third-order valence-electron chi connectivity index (χ3n) is 11.7. The summed E-state index contributed by atoms with van der Waals surface area (Å²) in [5.74, 6) is 0.502. The van der Waals surface area contributed by atoms with Crippen LogP contribution in [-0.2, 0) is 4.79 Å². The first-order valence-electron chi connectivity index (χ1n) is 13.5. The van der Waals surface area contributed by atoms with Crippen molar-refractivity contribution < 1.29 is 15.0 Å². The van der Waals surface area contributed by atoms with Gasteiger partial charge in [0.2, 0.25) is 0 Å².